The van der Waals surface area contributed by atoms with Gasteiger partial charge in [0.15, 0.2) is 0 Å². The van der Waals surface area contributed by atoms with Crippen LogP contribution in [0, 0.1) is 11.8 Å². The first kappa shape index (κ1) is 14.1. The maximum absolute atomic E-state index is 12.1. The van der Waals surface area contributed by atoms with Gasteiger partial charge in [-0.3, -0.25) is 0 Å². The molecule has 0 aromatic rings. The van der Waals surface area contributed by atoms with Gasteiger partial charge in [0.1, 0.15) is 6.04 Å². The summed E-state index contributed by atoms with van der Waals surface area (Å²) >= 11 is 0. The summed E-state index contributed by atoms with van der Waals surface area (Å²) in [6.07, 6.45) is 3.93. The predicted octanol–water partition coefficient (Wildman–Crippen LogP) is 0.491. The Morgan fingerprint density at radius 3 is 2.79 bits per heavy atom. The van der Waals surface area contributed by atoms with Crippen molar-refractivity contribution >= 4 is 12.0 Å². The van der Waals surface area contributed by atoms with Gasteiger partial charge in [0.25, 0.3) is 0 Å². The summed E-state index contributed by atoms with van der Waals surface area (Å²) in [5, 5.41) is 15.2. The van der Waals surface area contributed by atoms with Crippen molar-refractivity contribution in [3.05, 3.63) is 0 Å². The van der Waals surface area contributed by atoms with Crippen LogP contribution in [0.4, 0.5) is 4.79 Å². The number of hydrogen-bond acceptors (Lipinski definition) is 3. The molecule has 2 aliphatic rings. The zero-order chi connectivity index (χ0) is 13.8. The van der Waals surface area contributed by atoms with Gasteiger partial charge in [-0.2, -0.15) is 0 Å². The largest absolute Gasteiger partial charge is 0.480 e. The van der Waals surface area contributed by atoms with Crippen LogP contribution in [0.2, 0.25) is 0 Å². The highest BCUT2D eigenvalue weighted by Crippen LogP contribution is 2.42. The number of carbonyl (C=O) groups is 2. The number of likely N-dealkylation sites (tertiary alicyclic amines) is 1. The third-order valence-corrected chi connectivity index (χ3v) is 4.28. The van der Waals surface area contributed by atoms with E-state index in [2.05, 4.69) is 10.6 Å². The summed E-state index contributed by atoms with van der Waals surface area (Å²) in [6.45, 7) is 2.02. The maximum Gasteiger partial charge on any atom is 0.326 e. The van der Waals surface area contributed by atoms with E-state index in [4.69, 9.17) is 0 Å². The lowest BCUT2D eigenvalue weighted by atomic mass is 9.94. The van der Waals surface area contributed by atoms with Crippen LogP contribution in [0.25, 0.3) is 0 Å². The second-order valence-corrected chi connectivity index (χ2v) is 5.48. The van der Waals surface area contributed by atoms with E-state index < -0.39 is 12.0 Å². The highest BCUT2D eigenvalue weighted by molar-refractivity contribution is 5.83. The normalized spacial score (nSPS) is 29.3. The molecule has 3 N–H and O–H groups in total. The van der Waals surface area contributed by atoms with Gasteiger partial charge in [-0.05, 0) is 44.7 Å². The number of aliphatic carboxylic acids is 1. The number of urea groups is 1. The number of carboxylic acid groups (broad SMARTS) is 1. The van der Waals surface area contributed by atoms with Crippen molar-refractivity contribution in [3.63, 3.8) is 0 Å². The number of nitrogens with zero attached hydrogens (tertiary/aromatic N) is 1. The molecule has 1 saturated heterocycles. The first-order valence-corrected chi connectivity index (χ1v) is 7.07. The Morgan fingerprint density at radius 1 is 1.32 bits per heavy atom. The number of amides is 2. The number of fused-ring (bicyclic) bond motifs is 1. The minimum absolute atomic E-state index is 0.153. The van der Waals surface area contributed by atoms with Crippen LogP contribution in [0.15, 0.2) is 0 Å². The van der Waals surface area contributed by atoms with Crippen molar-refractivity contribution in [2.45, 2.75) is 31.7 Å². The summed E-state index contributed by atoms with van der Waals surface area (Å²) in [6, 6.07) is -0.852. The van der Waals surface area contributed by atoms with Crippen LogP contribution in [0.5, 0.6) is 0 Å². The fraction of sp³-hybridized carbons (Fsp3) is 0.846. The monoisotopic (exact) mass is 269 g/mol. The van der Waals surface area contributed by atoms with Crippen LogP contribution >= 0.6 is 0 Å². The highest BCUT2D eigenvalue weighted by atomic mass is 16.4. The molecule has 2 rings (SSSR count). The Bertz CT molecular complexity index is 348. The van der Waals surface area contributed by atoms with Gasteiger partial charge >= 0.3 is 12.0 Å². The number of carboxylic acids is 1. The van der Waals surface area contributed by atoms with E-state index in [-0.39, 0.29) is 11.9 Å². The summed E-state index contributed by atoms with van der Waals surface area (Å²) in [5.41, 5.74) is 0. The number of carbonyl (C=O) groups excluding carboxylic acids is 1. The van der Waals surface area contributed by atoms with Crippen LogP contribution in [0.3, 0.4) is 0 Å². The van der Waals surface area contributed by atoms with Gasteiger partial charge in [0, 0.05) is 13.1 Å². The second kappa shape index (κ2) is 6.23. The smallest absolute Gasteiger partial charge is 0.326 e. The van der Waals surface area contributed by atoms with E-state index in [1.54, 1.807) is 0 Å². The lowest BCUT2D eigenvalue weighted by Gasteiger charge is -2.24. The number of rotatable bonds is 5. The van der Waals surface area contributed by atoms with E-state index >= 15 is 0 Å². The Balaban J connectivity index is 1.91. The minimum Gasteiger partial charge on any atom is -0.480 e. The molecule has 6 nitrogen and oxygen atoms in total. The summed E-state index contributed by atoms with van der Waals surface area (Å²) in [7, 11) is 1.87. The zero-order valence-electron chi connectivity index (χ0n) is 11.4. The van der Waals surface area contributed by atoms with E-state index in [0.29, 0.717) is 19.0 Å². The molecule has 3 atom stereocenters. The van der Waals surface area contributed by atoms with E-state index in [1.165, 1.54) is 4.90 Å². The number of hydrogen-bond donors (Lipinski definition) is 3. The zero-order valence-corrected chi connectivity index (χ0v) is 11.4. The quantitative estimate of drug-likeness (QED) is 0.634. The van der Waals surface area contributed by atoms with Gasteiger partial charge in [-0.25, -0.2) is 9.59 Å². The molecule has 2 amide bonds. The maximum atomic E-state index is 12.1. The van der Waals surface area contributed by atoms with Crippen LogP contribution in [-0.4, -0.2) is 54.7 Å². The molecular weight excluding hydrogens is 246 g/mol. The number of nitrogens with one attached hydrogen (secondary N) is 2. The van der Waals surface area contributed by atoms with Crippen molar-refractivity contribution in [2.75, 3.05) is 26.7 Å². The summed E-state index contributed by atoms with van der Waals surface area (Å²) in [5.74, 6) is -0.329. The van der Waals surface area contributed by atoms with Gasteiger partial charge in [-0.15, -0.1) is 0 Å². The average molecular weight is 269 g/mol. The van der Waals surface area contributed by atoms with Gasteiger partial charge < -0.3 is 20.6 Å². The highest BCUT2D eigenvalue weighted by Gasteiger charge is 2.49. The molecule has 19 heavy (non-hydrogen) atoms. The van der Waals surface area contributed by atoms with Crippen molar-refractivity contribution in [1.29, 1.82) is 0 Å². The van der Waals surface area contributed by atoms with Crippen molar-refractivity contribution < 1.29 is 14.7 Å². The van der Waals surface area contributed by atoms with Gasteiger partial charge in [-0.1, -0.05) is 6.42 Å². The summed E-state index contributed by atoms with van der Waals surface area (Å²) < 4.78 is 0. The molecule has 1 aliphatic carbocycles. The predicted molar refractivity (Wildman–Crippen MR) is 70.9 cm³/mol. The van der Waals surface area contributed by atoms with Crippen LogP contribution in [-0.2, 0) is 4.79 Å². The third kappa shape index (κ3) is 3.00. The average Bonchev–Trinajstić information content (AvgIpc) is 2.93. The lowest BCUT2D eigenvalue weighted by Crippen LogP contribution is -2.48. The van der Waals surface area contributed by atoms with E-state index in [1.807, 2.05) is 7.05 Å². The molecule has 1 aliphatic heterocycles. The first-order chi connectivity index (χ1) is 9.15. The molecule has 0 bridgehead atoms. The molecule has 0 radical (unpaired) electrons. The van der Waals surface area contributed by atoms with Crippen molar-refractivity contribution in [3.8, 4) is 0 Å². The third-order valence-electron chi connectivity index (χ3n) is 4.28. The Kier molecular flexibility index (Phi) is 4.63. The van der Waals surface area contributed by atoms with E-state index in [0.717, 1.165) is 32.2 Å². The van der Waals surface area contributed by atoms with Crippen LogP contribution < -0.4 is 10.6 Å². The molecule has 1 heterocycles. The van der Waals surface area contributed by atoms with Crippen molar-refractivity contribution in [1.82, 2.24) is 15.5 Å². The van der Waals surface area contributed by atoms with E-state index in [9.17, 15) is 14.7 Å². The Labute approximate surface area is 113 Å². The SMILES string of the molecule is CNCCCNC(=O)N1CC2CCCC2C1C(=O)O. The molecule has 3 unspecified atom stereocenters. The fourth-order valence-electron chi connectivity index (χ4n) is 3.39. The first-order valence-electron chi connectivity index (χ1n) is 7.07. The topological polar surface area (TPSA) is 81.7 Å². The molecule has 0 aromatic carbocycles. The van der Waals surface area contributed by atoms with Crippen LogP contribution in [0.1, 0.15) is 25.7 Å². The Hall–Kier alpha value is -1.30. The molecule has 6 heteroatoms. The second-order valence-electron chi connectivity index (χ2n) is 5.48. The van der Waals surface area contributed by atoms with Gasteiger partial charge in [0.2, 0.25) is 0 Å². The summed E-state index contributed by atoms with van der Waals surface area (Å²) in [4.78, 5) is 25.0. The lowest BCUT2D eigenvalue weighted by molar-refractivity contribution is -0.142. The molecule has 2 fully saturated rings. The molecule has 0 aromatic heterocycles. The Morgan fingerprint density at radius 2 is 2.11 bits per heavy atom. The fourth-order valence-corrected chi connectivity index (χ4v) is 3.39. The molecule has 108 valence electrons. The molecule has 1 saturated carbocycles. The molecule has 0 spiro atoms. The standard InChI is InChI=1S/C13H23N3O3/c1-14-6-3-7-15-13(19)16-8-9-4-2-5-10(9)11(16)12(17)18/h9-11,14H,2-8H2,1H3,(H,15,19)(H,17,18). The molecular formula is C13H23N3O3. The minimum atomic E-state index is -0.861. The van der Waals surface area contributed by atoms with Gasteiger partial charge in [0.05, 0.1) is 0 Å². The van der Waals surface area contributed by atoms with Crippen molar-refractivity contribution in [2.24, 2.45) is 11.8 Å².